The van der Waals surface area contributed by atoms with Crippen LogP contribution in [-0.2, 0) is 13.6 Å². The molecule has 1 N–H and O–H groups in total. The van der Waals surface area contributed by atoms with E-state index < -0.39 is 16.6 Å². The summed E-state index contributed by atoms with van der Waals surface area (Å²) in [5.74, 6) is -0.438. The van der Waals surface area contributed by atoms with Gasteiger partial charge >= 0.3 is 0 Å². The van der Waals surface area contributed by atoms with E-state index in [2.05, 4.69) is 103 Å². The molecule has 0 saturated heterocycles. The van der Waals surface area contributed by atoms with Crippen molar-refractivity contribution in [3.05, 3.63) is 71.8 Å². The number of aliphatic hydroxyl groups excluding tert-OH is 1. The fourth-order valence-electron chi connectivity index (χ4n) is 5.49. The van der Waals surface area contributed by atoms with Gasteiger partial charge in [0.05, 0.1) is 12.7 Å². The van der Waals surface area contributed by atoms with Gasteiger partial charge in [-0.25, -0.2) is 0 Å². The fraction of sp³-hybridized carbons (Fsp3) is 0.516. The molecule has 0 amide bonds. The van der Waals surface area contributed by atoms with Gasteiger partial charge in [0.1, 0.15) is 6.29 Å². The Balaban J connectivity index is 2.10. The van der Waals surface area contributed by atoms with Gasteiger partial charge in [0.25, 0.3) is 8.32 Å². The molecule has 2 aromatic rings. The Kier molecular flexibility index (Phi) is 8.92. The summed E-state index contributed by atoms with van der Waals surface area (Å²) in [7, 11) is -4.92. The van der Waals surface area contributed by atoms with Gasteiger partial charge in [0, 0.05) is 18.4 Å². The second-order valence-electron chi connectivity index (χ2n) is 13.0. The third kappa shape index (κ3) is 5.64. The molecule has 0 spiro atoms. The van der Waals surface area contributed by atoms with Crippen molar-refractivity contribution >= 4 is 33.3 Å². The van der Waals surface area contributed by atoms with Gasteiger partial charge in [-0.05, 0) is 51.6 Å². The minimum absolute atomic E-state index is 0.0231. The predicted octanol–water partition coefficient (Wildman–Crippen LogP) is 5.71. The molecular weight excluding hydrogens is 493 g/mol. The van der Waals surface area contributed by atoms with Crippen LogP contribution in [0.3, 0.4) is 0 Å². The van der Waals surface area contributed by atoms with Gasteiger partial charge in [0.2, 0.25) is 0 Å². The molecule has 3 atom stereocenters. The maximum Gasteiger partial charge on any atom is 0.261 e. The fourth-order valence-corrected chi connectivity index (χ4v) is 11.4. The first kappa shape index (κ1) is 29.7. The summed E-state index contributed by atoms with van der Waals surface area (Å²) >= 11 is 0. The third-order valence-corrected chi connectivity index (χ3v) is 18.1. The van der Waals surface area contributed by atoms with Crippen LogP contribution in [0.1, 0.15) is 48.5 Å². The zero-order chi connectivity index (χ0) is 27.6. The lowest BCUT2D eigenvalue weighted by Crippen LogP contribution is -2.67. The number of carbonyl (C=O) groups is 1. The van der Waals surface area contributed by atoms with Crippen LogP contribution in [0.2, 0.25) is 23.2 Å². The quantitative estimate of drug-likeness (QED) is 0.328. The van der Waals surface area contributed by atoms with E-state index >= 15 is 0 Å². The second kappa shape index (κ2) is 11.1. The van der Waals surface area contributed by atoms with Crippen molar-refractivity contribution in [2.75, 3.05) is 13.2 Å². The summed E-state index contributed by atoms with van der Waals surface area (Å²) in [6.07, 6.45) is 0.664. The van der Waals surface area contributed by atoms with Crippen LogP contribution in [0, 0.1) is 11.8 Å². The van der Waals surface area contributed by atoms with E-state index in [0.29, 0.717) is 12.2 Å². The summed E-state index contributed by atoms with van der Waals surface area (Å²) < 4.78 is 14.2. The van der Waals surface area contributed by atoms with Crippen molar-refractivity contribution in [1.82, 2.24) is 0 Å². The Bertz CT molecular complexity index is 1040. The monoisotopic (exact) mass is 538 g/mol. The van der Waals surface area contributed by atoms with E-state index in [1.165, 1.54) is 10.4 Å². The van der Waals surface area contributed by atoms with Crippen molar-refractivity contribution in [3.8, 4) is 0 Å². The minimum Gasteiger partial charge on any atom is -0.410 e. The number of hydrogen-bond donors (Lipinski definition) is 1. The molecule has 0 aliphatic heterocycles. The van der Waals surface area contributed by atoms with E-state index in [1.807, 2.05) is 19.1 Å². The summed E-state index contributed by atoms with van der Waals surface area (Å²) in [4.78, 5) is 12.2. The highest BCUT2D eigenvalue weighted by Crippen LogP contribution is 2.45. The van der Waals surface area contributed by atoms with Gasteiger partial charge in [-0.15, -0.1) is 0 Å². The molecule has 0 saturated carbocycles. The van der Waals surface area contributed by atoms with Gasteiger partial charge in [-0.2, -0.15) is 0 Å². The summed E-state index contributed by atoms with van der Waals surface area (Å²) in [5, 5.41) is 12.8. The maximum atomic E-state index is 12.2. The first-order valence-electron chi connectivity index (χ1n) is 13.4. The van der Waals surface area contributed by atoms with Crippen LogP contribution in [-0.4, -0.2) is 47.3 Å². The van der Waals surface area contributed by atoms with Crippen LogP contribution in [0.5, 0.6) is 0 Å². The Labute approximate surface area is 226 Å². The highest BCUT2D eigenvalue weighted by molar-refractivity contribution is 6.99. The van der Waals surface area contributed by atoms with Gasteiger partial charge in [-0.1, -0.05) is 102 Å². The van der Waals surface area contributed by atoms with E-state index in [9.17, 15) is 9.90 Å². The normalized spacial score (nSPS) is 21.4. The molecule has 0 fully saturated rings. The molecule has 1 aliphatic rings. The van der Waals surface area contributed by atoms with Crippen molar-refractivity contribution in [2.45, 2.75) is 77.7 Å². The standard InChI is InChI=1S/C31H46O4Si2/c1-23-26(20-32)27(21-33)28(29(23)35-36(8,9)30(2,3)4)22-34-37(31(5,6)7,24-16-12-10-13-17-24)25-18-14-11-15-19-25/h10-20,27-29,33H,21-22H2,1-9H3/t27-,28-,29+/m0/s1. The topological polar surface area (TPSA) is 55.8 Å². The number of carbonyl (C=O) groups excluding carboxylic acids is 1. The molecule has 0 radical (unpaired) electrons. The Morgan fingerprint density at radius 3 is 1.73 bits per heavy atom. The largest absolute Gasteiger partial charge is 0.410 e. The van der Waals surface area contributed by atoms with Crippen LogP contribution < -0.4 is 10.4 Å². The van der Waals surface area contributed by atoms with Crippen molar-refractivity contribution < 1.29 is 18.8 Å². The van der Waals surface area contributed by atoms with Crippen LogP contribution in [0.25, 0.3) is 0 Å². The zero-order valence-electron chi connectivity index (χ0n) is 24.2. The lowest BCUT2D eigenvalue weighted by molar-refractivity contribution is -0.105. The number of rotatable bonds is 9. The molecule has 0 unspecified atom stereocenters. The summed E-state index contributed by atoms with van der Waals surface area (Å²) in [5.41, 5.74) is 1.61. The summed E-state index contributed by atoms with van der Waals surface area (Å²) in [6, 6.07) is 21.2. The number of hydrogen-bond acceptors (Lipinski definition) is 4. The lowest BCUT2D eigenvalue weighted by atomic mass is 9.92. The number of benzene rings is 2. The van der Waals surface area contributed by atoms with Crippen molar-refractivity contribution in [2.24, 2.45) is 11.8 Å². The Morgan fingerprint density at radius 1 is 0.865 bits per heavy atom. The molecule has 6 heteroatoms. The summed E-state index contributed by atoms with van der Waals surface area (Å²) in [6.45, 7) is 20.3. The Morgan fingerprint density at radius 2 is 1.35 bits per heavy atom. The molecule has 2 aromatic carbocycles. The average molecular weight is 539 g/mol. The molecule has 202 valence electrons. The molecule has 0 aromatic heterocycles. The maximum absolute atomic E-state index is 12.2. The molecule has 3 rings (SSSR count). The highest BCUT2D eigenvalue weighted by Gasteiger charge is 2.53. The number of aliphatic hydroxyl groups is 1. The van der Waals surface area contributed by atoms with Crippen LogP contribution in [0.15, 0.2) is 71.8 Å². The average Bonchev–Trinajstić information content (AvgIpc) is 3.08. The molecule has 1 aliphatic carbocycles. The van der Waals surface area contributed by atoms with E-state index in [4.69, 9.17) is 8.85 Å². The molecule has 4 nitrogen and oxygen atoms in total. The van der Waals surface area contributed by atoms with E-state index in [1.54, 1.807) is 0 Å². The van der Waals surface area contributed by atoms with Gasteiger partial charge in [0.15, 0.2) is 8.32 Å². The van der Waals surface area contributed by atoms with Crippen molar-refractivity contribution in [3.63, 3.8) is 0 Å². The van der Waals surface area contributed by atoms with Gasteiger partial charge < -0.3 is 14.0 Å². The van der Waals surface area contributed by atoms with Crippen LogP contribution in [0.4, 0.5) is 0 Å². The lowest BCUT2D eigenvalue weighted by Gasteiger charge is -2.45. The first-order valence-corrected chi connectivity index (χ1v) is 18.2. The molecule has 0 heterocycles. The first-order chi connectivity index (χ1) is 17.2. The third-order valence-electron chi connectivity index (χ3n) is 8.65. The van der Waals surface area contributed by atoms with Crippen LogP contribution >= 0.6 is 0 Å². The molecule has 0 bridgehead atoms. The Hall–Kier alpha value is -1.84. The SMILES string of the molecule is CC1=C(C=O)[C@H](CO)[C@H](CO[Si](c2ccccc2)(c2ccccc2)C(C)(C)C)[C@@H]1O[Si](C)(C)C(C)(C)C. The second-order valence-corrected chi connectivity index (χ2v) is 22.0. The number of aldehydes is 1. The smallest absolute Gasteiger partial charge is 0.261 e. The van der Waals surface area contributed by atoms with E-state index in [-0.39, 0.29) is 34.6 Å². The minimum atomic E-state index is -2.77. The van der Waals surface area contributed by atoms with Gasteiger partial charge in [-0.3, -0.25) is 4.79 Å². The molecular formula is C31H46O4Si2. The molecule has 37 heavy (non-hydrogen) atoms. The zero-order valence-corrected chi connectivity index (χ0v) is 26.2. The highest BCUT2D eigenvalue weighted by atomic mass is 28.4. The predicted molar refractivity (Wildman–Crippen MR) is 158 cm³/mol. The van der Waals surface area contributed by atoms with E-state index in [0.717, 1.165) is 11.9 Å². The van der Waals surface area contributed by atoms with Crippen molar-refractivity contribution in [1.29, 1.82) is 0 Å².